The predicted octanol–water partition coefficient (Wildman–Crippen LogP) is 4.96. The van der Waals surface area contributed by atoms with Crippen LogP contribution in [0.25, 0.3) is 6.08 Å². The third-order valence-corrected chi connectivity index (χ3v) is 4.68. The summed E-state index contributed by atoms with van der Waals surface area (Å²) in [4.78, 5) is 15.3. The van der Waals surface area contributed by atoms with Crippen LogP contribution in [0.1, 0.15) is 24.3 Å². The van der Waals surface area contributed by atoms with E-state index in [0.717, 1.165) is 14.2 Å². The Bertz CT molecular complexity index is 619. The Morgan fingerprint density at radius 3 is 2.52 bits per heavy atom. The van der Waals surface area contributed by atoms with Crippen LogP contribution in [0.15, 0.2) is 52.3 Å². The van der Waals surface area contributed by atoms with Gasteiger partial charge in [0.25, 0.3) is 0 Å². The minimum absolute atomic E-state index is 0.0402. The molecule has 1 aromatic carbocycles. The maximum atomic E-state index is 12.4. The van der Waals surface area contributed by atoms with Crippen LogP contribution in [0.4, 0.5) is 0 Å². The van der Waals surface area contributed by atoms with Crippen molar-refractivity contribution in [2.24, 2.45) is 0 Å². The minimum Gasteiger partial charge on any atom is -0.332 e. The van der Waals surface area contributed by atoms with E-state index in [1.165, 1.54) is 0 Å². The summed E-state index contributed by atoms with van der Waals surface area (Å²) in [6.07, 6.45) is 3.53. The second-order valence-electron chi connectivity index (χ2n) is 5.02. The molecule has 1 heterocycles. The lowest BCUT2D eigenvalue weighted by atomic mass is 10.2. The van der Waals surface area contributed by atoms with Crippen LogP contribution < -0.4 is 0 Å². The summed E-state index contributed by atoms with van der Waals surface area (Å²) in [6, 6.07) is 14.2. The van der Waals surface area contributed by atoms with E-state index in [1.807, 2.05) is 67.3 Å². The monoisotopic (exact) mass is 363 g/mol. The molecular weight excluding hydrogens is 346 g/mol. The van der Waals surface area contributed by atoms with Gasteiger partial charge in [0.2, 0.25) is 5.91 Å². The molecule has 1 aromatic heterocycles. The average molecular weight is 364 g/mol. The molecule has 4 heteroatoms. The van der Waals surface area contributed by atoms with Gasteiger partial charge >= 0.3 is 0 Å². The van der Waals surface area contributed by atoms with Crippen LogP contribution >= 0.6 is 27.3 Å². The lowest BCUT2D eigenvalue weighted by Crippen LogP contribution is -2.35. The van der Waals surface area contributed by atoms with Gasteiger partial charge in [-0.15, -0.1) is 11.3 Å². The number of carbonyl (C=O) groups excluding carboxylic acids is 1. The van der Waals surface area contributed by atoms with Crippen molar-refractivity contribution in [1.82, 2.24) is 4.90 Å². The quantitative estimate of drug-likeness (QED) is 0.687. The lowest BCUT2D eigenvalue weighted by Gasteiger charge is -2.25. The molecule has 0 N–H and O–H groups in total. The predicted molar refractivity (Wildman–Crippen MR) is 93.2 cm³/mol. The molecular formula is C17H18BrNOS. The fourth-order valence-corrected chi connectivity index (χ4v) is 3.29. The number of amides is 1. The summed E-state index contributed by atoms with van der Waals surface area (Å²) >= 11 is 5.04. The molecule has 0 atom stereocenters. The number of rotatable bonds is 5. The number of halogens is 1. The van der Waals surface area contributed by atoms with E-state index in [1.54, 1.807) is 17.4 Å². The Labute approximate surface area is 138 Å². The normalized spacial score (nSPS) is 11.2. The highest BCUT2D eigenvalue weighted by Gasteiger charge is 2.14. The van der Waals surface area contributed by atoms with E-state index in [4.69, 9.17) is 0 Å². The highest BCUT2D eigenvalue weighted by atomic mass is 79.9. The molecule has 21 heavy (non-hydrogen) atoms. The van der Waals surface area contributed by atoms with Crippen LogP contribution in [0.3, 0.4) is 0 Å². The molecule has 1 amide bonds. The topological polar surface area (TPSA) is 20.3 Å². The first kappa shape index (κ1) is 16.0. The molecule has 2 rings (SSSR count). The summed E-state index contributed by atoms with van der Waals surface area (Å²) in [7, 11) is 0. The SMILES string of the molecule is CC(C)N(Cc1ccccc1)C(=O)/C=C/c1ccc(Br)s1. The van der Waals surface area contributed by atoms with Crippen LogP contribution in [0.2, 0.25) is 0 Å². The first-order valence-corrected chi connectivity index (χ1v) is 8.45. The number of hydrogen-bond donors (Lipinski definition) is 0. The fourth-order valence-electron chi connectivity index (χ4n) is 1.96. The van der Waals surface area contributed by atoms with Crippen molar-refractivity contribution < 1.29 is 4.79 Å². The van der Waals surface area contributed by atoms with Crippen LogP contribution in [-0.2, 0) is 11.3 Å². The second kappa shape index (κ2) is 7.57. The molecule has 2 aromatic rings. The highest BCUT2D eigenvalue weighted by Crippen LogP contribution is 2.23. The standard InChI is InChI=1S/C17H18BrNOS/c1-13(2)19(12-14-6-4-3-5-7-14)17(20)11-9-15-8-10-16(18)21-15/h3-11,13H,12H2,1-2H3/b11-9+. The Hall–Kier alpha value is -1.39. The molecule has 110 valence electrons. The minimum atomic E-state index is 0.0402. The summed E-state index contributed by atoms with van der Waals surface area (Å²) in [5.41, 5.74) is 1.15. The van der Waals surface area contributed by atoms with E-state index in [9.17, 15) is 4.79 Å². The van der Waals surface area contributed by atoms with Gasteiger partial charge in [0.1, 0.15) is 0 Å². The summed E-state index contributed by atoms with van der Waals surface area (Å²) < 4.78 is 1.07. The summed E-state index contributed by atoms with van der Waals surface area (Å²) in [5.74, 6) is 0.0402. The second-order valence-corrected chi connectivity index (χ2v) is 7.52. The number of hydrogen-bond acceptors (Lipinski definition) is 2. The molecule has 0 unspecified atom stereocenters. The molecule has 0 saturated heterocycles. The fraction of sp³-hybridized carbons (Fsp3) is 0.235. The molecule has 0 saturated carbocycles. The Kier molecular flexibility index (Phi) is 5.76. The van der Waals surface area contributed by atoms with Gasteiger partial charge in [-0.25, -0.2) is 0 Å². The van der Waals surface area contributed by atoms with Crippen molar-refractivity contribution in [2.45, 2.75) is 26.4 Å². The smallest absolute Gasteiger partial charge is 0.247 e. The van der Waals surface area contributed by atoms with Gasteiger partial charge < -0.3 is 4.90 Å². The number of carbonyl (C=O) groups is 1. The lowest BCUT2D eigenvalue weighted by molar-refractivity contribution is -0.128. The average Bonchev–Trinajstić information content (AvgIpc) is 2.89. The third kappa shape index (κ3) is 4.83. The zero-order valence-electron chi connectivity index (χ0n) is 12.1. The number of nitrogens with zero attached hydrogens (tertiary/aromatic N) is 1. The van der Waals surface area contributed by atoms with Crippen LogP contribution in [-0.4, -0.2) is 16.8 Å². The highest BCUT2D eigenvalue weighted by molar-refractivity contribution is 9.11. The maximum Gasteiger partial charge on any atom is 0.247 e. The summed E-state index contributed by atoms with van der Waals surface area (Å²) in [5, 5.41) is 0. The van der Waals surface area contributed by atoms with E-state index in [-0.39, 0.29) is 11.9 Å². The van der Waals surface area contributed by atoms with Crippen molar-refractivity contribution >= 4 is 39.2 Å². The van der Waals surface area contributed by atoms with E-state index < -0.39 is 0 Å². The Morgan fingerprint density at radius 2 is 1.95 bits per heavy atom. The Morgan fingerprint density at radius 1 is 1.24 bits per heavy atom. The van der Waals surface area contributed by atoms with Crippen molar-refractivity contribution in [3.8, 4) is 0 Å². The maximum absolute atomic E-state index is 12.4. The molecule has 2 nitrogen and oxygen atoms in total. The molecule has 0 bridgehead atoms. The molecule has 0 aliphatic heterocycles. The van der Waals surface area contributed by atoms with Gasteiger partial charge in [-0.1, -0.05) is 30.3 Å². The van der Waals surface area contributed by atoms with Crippen molar-refractivity contribution in [1.29, 1.82) is 0 Å². The van der Waals surface area contributed by atoms with E-state index in [2.05, 4.69) is 15.9 Å². The van der Waals surface area contributed by atoms with Crippen LogP contribution in [0.5, 0.6) is 0 Å². The van der Waals surface area contributed by atoms with Crippen molar-refractivity contribution in [3.05, 3.63) is 62.8 Å². The van der Waals surface area contributed by atoms with Crippen molar-refractivity contribution in [3.63, 3.8) is 0 Å². The first-order chi connectivity index (χ1) is 10.1. The number of benzene rings is 1. The zero-order chi connectivity index (χ0) is 15.2. The third-order valence-electron chi connectivity index (χ3n) is 3.09. The molecule has 0 radical (unpaired) electrons. The van der Waals surface area contributed by atoms with E-state index in [0.29, 0.717) is 6.54 Å². The number of thiophene rings is 1. The van der Waals surface area contributed by atoms with E-state index >= 15 is 0 Å². The zero-order valence-corrected chi connectivity index (χ0v) is 14.5. The van der Waals surface area contributed by atoms with Gasteiger partial charge in [-0.3, -0.25) is 4.79 Å². The molecule has 0 spiro atoms. The summed E-state index contributed by atoms with van der Waals surface area (Å²) in [6.45, 7) is 4.71. The van der Waals surface area contributed by atoms with Gasteiger partial charge in [0.15, 0.2) is 0 Å². The Balaban J connectivity index is 2.07. The largest absolute Gasteiger partial charge is 0.332 e. The van der Waals surface area contributed by atoms with Crippen LogP contribution in [0, 0.1) is 0 Å². The molecule has 0 aliphatic rings. The molecule has 0 aliphatic carbocycles. The van der Waals surface area contributed by atoms with Gasteiger partial charge in [-0.2, -0.15) is 0 Å². The first-order valence-electron chi connectivity index (χ1n) is 6.84. The molecule has 0 fully saturated rings. The van der Waals surface area contributed by atoms with Crippen molar-refractivity contribution in [2.75, 3.05) is 0 Å². The van der Waals surface area contributed by atoms with Gasteiger partial charge in [0.05, 0.1) is 3.79 Å². The van der Waals surface area contributed by atoms with Gasteiger partial charge in [0, 0.05) is 23.5 Å². The van der Waals surface area contributed by atoms with Gasteiger partial charge in [-0.05, 0) is 53.5 Å².